The van der Waals surface area contributed by atoms with Gasteiger partial charge in [-0.1, -0.05) is 71.4 Å². The molecular weight excluding hydrogens is 242 g/mol. The highest BCUT2D eigenvalue weighted by Crippen LogP contribution is 2.49. The van der Waals surface area contributed by atoms with Crippen LogP contribution in [0.15, 0.2) is 11.1 Å². The smallest absolute Gasteiger partial charge is 0.0139 e. The normalized spacial score (nSPS) is 21.0. The lowest BCUT2D eigenvalue weighted by Gasteiger charge is -2.43. The molecule has 0 spiro atoms. The average molecular weight is 280 g/mol. The molecule has 0 radical (unpaired) electrons. The molecule has 0 amide bonds. The van der Waals surface area contributed by atoms with Gasteiger partial charge in [-0.15, -0.1) is 0 Å². The van der Waals surface area contributed by atoms with E-state index < -0.39 is 0 Å². The SMILES string of the molecule is CCCCCCCC(CN)=C1CC(C)(C)CC(C)(C)C1. The average Bonchev–Trinajstić information content (AvgIpc) is 2.29. The van der Waals surface area contributed by atoms with E-state index in [0.717, 1.165) is 6.54 Å². The fourth-order valence-electron chi connectivity index (χ4n) is 4.25. The van der Waals surface area contributed by atoms with Crippen molar-refractivity contribution in [1.29, 1.82) is 0 Å². The van der Waals surface area contributed by atoms with Crippen LogP contribution in [-0.2, 0) is 0 Å². The third kappa shape index (κ3) is 5.99. The summed E-state index contributed by atoms with van der Waals surface area (Å²) in [5.41, 5.74) is 10.2. The highest BCUT2D eigenvalue weighted by atomic mass is 14.5. The van der Waals surface area contributed by atoms with Crippen molar-refractivity contribution in [3.8, 4) is 0 Å². The van der Waals surface area contributed by atoms with Crippen LogP contribution in [0.25, 0.3) is 0 Å². The van der Waals surface area contributed by atoms with E-state index in [4.69, 9.17) is 5.73 Å². The van der Waals surface area contributed by atoms with E-state index in [1.165, 1.54) is 57.8 Å². The first-order chi connectivity index (χ1) is 9.29. The third-order valence-electron chi connectivity index (χ3n) is 4.67. The third-order valence-corrected chi connectivity index (χ3v) is 4.67. The molecule has 118 valence electrons. The Morgan fingerprint density at radius 1 is 0.950 bits per heavy atom. The zero-order chi connectivity index (χ0) is 15.2. The summed E-state index contributed by atoms with van der Waals surface area (Å²) in [5.74, 6) is 0. The van der Waals surface area contributed by atoms with Gasteiger partial charge in [0.2, 0.25) is 0 Å². The predicted octanol–water partition coefficient (Wildman–Crippen LogP) is 5.84. The first-order valence-electron chi connectivity index (χ1n) is 8.69. The molecule has 0 unspecified atom stereocenters. The monoisotopic (exact) mass is 279 g/mol. The molecule has 20 heavy (non-hydrogen) atoms. The van der Waals surface area contributed by atoms with Crippen LogP contribution in [0.3, 0.4) is 0 Å². The van der Waals surface area contributed by atoms with Gasteiger partial charge in [-0.25, -0.2) is 0 Å². The number of unbranched alkanes of at least 4 members (excludes halogenated alkanes) is 4. The number of allylic oxidation sites excluding steroid dienone is 1. The van der Waals surface area contributed by atoms with Crippen LogP contribution in [0.4, 0.5) is 0 Å². The van der Waals surface area contributed by atoms with E-state index in [1.807, 2.05) is 0 Å². The summed E-state index contributed by atoms with van der Waals surface area (Å²) < 4.78 is 0. The fraction of sp³-hybridized carbons (Fsp3) is 0.895. The minimum atomic E-state index is 0.444. The first-order valence-corrected chi connectivity index (χ1v) is 8.69. The molecule has 1 rings (SSSR count). The minimum Gasteiger partial charge on any atom is -0.327 e. The van der Waals surface area contributed by atoms with Gasteiger partial charge in [-0.2, -0.15) is 0 Å². The van der Waals surface area contributed by atoms with Gasteiger partial charge in [-0.05, 0) is 42.9 Å². The maximum Gasteiger partial charge on any atom is 0.0139 e. The molecule has 1 heteroatoms. The van der Waals surface area contributed by atoms with Crippen molar-refractivity contribution < 1.29 is 0 Å². The van der Waals surface area contributed by atoms with Crippen LogP contribution in [-0.4, -0.2) is 6.54 Å². The molecule has 0 atom stereocenters. The highest BCUT2D eigenvalue weighted by Gasteiger charge is 2.36. The minimum absolute atomic E-state index is 0.444. The van der Waals surface area contributed by atoms with Gasteiger partial charge in [-0.3, -0.25) is 0 Å². The van der Waals surface area contributed by atoms with Crippen LogP contribution in [0.2, 0.25) is 0 Å². The molecule has 1 aliphatic rings. The van der Waals surface area contributed by atoms with Gasteiger partial charge < -0.3 is 5.73 Å². The Bertz CT molecular complexity index is 305. The summed E-state index contributed by atoms with van der Waals surface area (Å²) in [6.45, 7) is 12.7. The Morgan fingerprint density at radius 2 is 1.50 bits per heavy atom. The molecule has 0 bridgehead atoms. The zero-order valence-electron chi connectivity index (χ0n) is 14.6. The van der Waals surface area contributed by atoms with E-state index in [2.05, 4.69) is 34.6 Å². The summed E-state index contributed by atoms with van der Waals surface area (Å²) in [5, 5.41) is 0. The molecule has 0 saturated heterocycles. The second kappa shape index (κ2) is 7.64. The van der Waals surface area contributed by atoms with Crippen LogP contribution in [0, 0.1) is 10.8 Å². The van der Waals surface area contributed by atoms with Crippen LogP contribution in [0.5, 0.6) is 0 Å². The summed E-state index contributed by atoms with van der Waals surface area (Å²) in [6, 6.07) is 0. The van der Waals surface area contributed by atoms with Gasteiger partial charge >= 0.3 is 0 Å². The molecule has 0 aliphatic heterocycles. The van der Waals surface area contributed by atoms with Crippen LogP contribution in [0.1, 0.15) is 92.4 Å². The zero-order valence-corrected chi connectivity index (χ0v) is 14.6. The number of rotatable bonds is 7. The van der Waals surface area contributed by atoms with E-state index in [0.29, 0.717) is 10.8 Å². The van der Waals surface area contributed by atoms with Crippen molar-refractivity contribution in [2.45, 2.75) is 92.4 Å². The maximum absolute atomic E-state index is 6.06. The fourth-order valence-corrected chi connectivity index (χ4v) is 4.25. The summed E-state index contributed by atoms with van der Waals surface area (Å²) in [4.78, 5) is 0. The van der Waals surface area contributed by atoms with E-state index in [-0.39, 0.29) is 0 Å². The van der Waals surface area contributed by atoms with Crippen molar-refractivity contribution in [3.05, 3.63) is 11.1 Å². The molecule has 1 fully saturated rings. The first kappa shape index (κ1) is 17.8. The lowest BCUT2D eigenvalue weighted by Crippen LogP contribution is -2.31. The van der Waals surface area contributed by atoms with Crippen LogP contribution < -0.4 is 5.73 Å². The summed E-state index contributed by atoms with van der Waals surface area (Å²) >= 11 is 0. The Hall–Kier alpha value is -0.300. The molecular formula is C19H37N. The molecule has 0 aromatic rings. The van der Waals surface area contributed by atoms with E-state index in [1.54, 1.807) is 11.1 Å². The lowest BCUT2D eigenvalue weighted by molar-refractivity contribution is 0.152. The Kier molecular flexibility index (Phi) is 6.78. The molecule has 1 saturated carbocycles. The van der Waals surface area contributed by atoms with Gasteiger partial charge in [0.1, 0.15) is 0 Å². The number of nitrogens with two attached hydrogens (primary N) is 1. The summed E-state index contributed by atoms with van der Waals surface area (Å²) in [6.07, 6.45) is 11.9. The second-order valence-electron chi connectivity index (χ2n) is 8.43. The van der Waals surface area contributed by atoms with Gasteiger partial charge in [0.05, 0.1) is 0 Å². The van der Waals surface area contributed by atoms with Gasteiger partial charge in [0, 0.05) is 6.54 Å². The topological polar surface area (TPSA) is 26.0 Å². The van der Waals surface area contributed by atoms with E-state index >= 15 is 0 Å². The molecule has 2 N–H and O–H groups in total. The van der Waals surface area contributed by atoms with Crippen LogP contribution >= 0.6 is 0 Å². The van der Waals surface area contributed by atoms with Crippen molar-refractivity contribution in [1.82, 2.24) is 0 Å². The van der Waals surface area contributed by atoms with Gasteiger partial charge in [0.15, 0.2) is 0 Å². The number of hydrogen-bond donors (Lipinski definition) is 1. The van der Waals surface area contributed by atoms with Crippen molar-refractivity contribution in [2.24, 2.45) is 16.6 Å². The standard InChI is InChI=1S/C19H37N/c1-6-7-8-9-10-11-16(14-20)17-12-18(2,3)15-19(4,5)13-17/h6-15,20H2,1-5H3. The lowest BCUT2D eigenvalue weighted by atomic mass is 9.62. The Morgan fingerprint density at radius 3 is 2.00 bits per heavy atom. The van der Waals surface area contributed by atoms with E-state index in [9.17, 15) is 0 Å². The van der Waals surface area contributed by atoms with Crippen molar-refractivity contribution >= 4 is 0 Å². The van der Waals surface area contributed by atoms with Gasteiger partial charge in [0.25, 0.3) is 0 Å². The highest BCUT2D eigenvalue weighted by molar-refractivity contribution is 5.21. The predicted molar refractivity (Wildman–Crippen MR) is 90.9 cm³/mol. The maximum atomic E-state index is 6.06. The summed E-state index contributed by atoms with van der Waals surface area (Å²) in [7, 11) is 0. The molecule has 0 aromatic heterocycles. The molecule has 1 nitrogen and oxygen atoms in total. The molecule has 0 aromatic carbocycles. The quantitative estimate of drug-likeness (QED) is 0.460. The number of hydrogen-bond acceptors (Lipinski definition) is 1. The van der Waals surface area contributed by atoms with Crippen molar-refractivity contribution in [2.75, 3.05) is 6.54 Å². The van der Waals surface area contributed by atoms with Crippen molar-refractivity contribution in [3.63, 3.8) is 0 Å². The Labute approximate surface area is 127 Å². The Balaban J connectivity index is 2.64. The molecule has 0 heterocycles. The largest absolute Gasteiger partial charge is 0.327 e. The molecule has 1 aliphatic carbocycles. The second-order valence-corrected chi connectivity index (χ2v) is 8.43.